The highest BCUT2D eigenvalue weighted by Crippen LogP contribution is 2.59. The Bertz CT molecular complexity index is 714. The Morgan fingerprint density at radius 3 is 2.56 bits per heavy atom. The number of para-hydroxylation sites is 1. The van der Waals surface area contributed by atoms with Gasteiger partial charge in [0.2, 0.25) is 11.8 Å². The van der Waals surface area contributed by atoms with Gasteiger partial charge in [0.15, 0.2) is 0 Å². The van der Waals surface area contributed by atoms with Crippen molar-refractivity contribution in [3.63, 3.8) is 0 Å². The fourth-order valence-corrected chi connectivity index (χ4v) is 3.94. The van der Waals surface area contributed by atoms with E-state index in [9.17, 15) is 22.8 Å². The third-order valence-electron chi connectivity index (χ3n) is 5.62. The van der Waals surface area contributed by atoms with E-state index >= 15 is 0 Å². The molecule has 1 aliphatic carbocycles. The molecule has 1 aromatic carbocycles. The molecule has 8 heteroatoms. The second-order valence-corrected chi connectivity index (χ2v) is 7.31. The number of hydrogen-bond acceptors (Lipinski definition) is 3. The molecule has 2 amide bonds. The molecule has 5 nitrogen and oxygen atoms in total. The average Bonchev–Trinajstić information content (AvgIpc) is 3.32. The van der Waals surface area contributed by atoms with Crippen molar-refractivity contribution in [2.45, 2.75) is 32.4 Å². The van der Waals surface area contributed by atoms with Gasteiger partial charge in [0, 0.05) is 12.5 Å². The summed E-state index contributed by atoms with van der Waals surface area (Å²) in [5.74, 6) is -0.768. The summed E-state index contributed by atoms with van der Waals surface area (Å²) in [5, 5.41) is 5.58. The molecule has 1 saturated carbocycles. The van der Waals surface area contributed by atoms with Crippen molar-refractivity contribution in [3.05, 3.63) is 29.8 Å². The Morgan fingerprint density at radius 1 is 1.26 bits per heavy atom. The van der Waals surface area contributed by atoms with Gasteiger partial charge in [-0.05, 0) is 56.8 Å². The van der Waals surface area contributed by atoms with E-state index in [-0.39, 0.29) is 29.5 Å². The zero-order chi connectivity index (χ0) is 19.7. The molecule has 1 atom stereocenters. The summed E-state index contributed by atoms with van der Waals surface area (Å²) < 4.78 is 39.2. The first-order chi connectivity index (χ1) is 12.8. The molecule has 1 aromatic rings. The Balaban J connectivity index is 1.62. The maximum absolute atomic E-state index is 13.1. The van der Waals surface area contributed by atoms with Gasteiger partial charge in [-0.3, -0.25) is 9.59 Å². The van der Waals surface area contributed by atoms with Crippen molar-refractivity contribution in [1.29, 1.82) is 0 Å². The van der Waals surface area contributed by atoms with Gasteiger partial charge in [-0.15, -0.1) is 0 Å². The zero-order valence-corrected chi connectivity index (χ0v) is 15.2. The van der Waals surface area contributed by atoms with Crippen molar-refractivity contribution in [3.8, 4) is 0 Å². The Labute approximate surface area is 156 Å². The number of halogens is 3. The van der Waals surface area contributed by atoms with Crippen LogP contribution in [0.25, 0.3) is 0 Å². The summed E-state index contributed by atoms with van der Waals surface area (Å²) in [6.45, 7) is 3.66. The number of nitrogens with one attached hydrogen (secondary N) is 2. The van der Waals surface area contributed by atoms with Crippen LogP contribution in [0.4, 0.5) is 18.9 Å². The number of amides is 2. The Hall–Kier alpha value is -2.09. The normalized spacial score (nSPS) is 21.0. The summed E-state index contributed by atoms with van der Waals surface area (Å²) >= 11 is 0. The monoisotopic (exact) mass is 383 g/mol. The van der Waals surface area contributed by atoms with E-state index in [1.54, 1.807) is 6.92 Å². The van der Waals surface area contributed by atoms with Crippen LogP contribution in [0.15, 0.2) is 24.3 Å². The van der Waals surface area contributed by atoms with Crippen molar-refractivity contribution in [2.24, 2.45) is 11.3 Å². The minimum atomic E-state index is -4.56. The van der Waals surface area contributed by atoms with Crippen LogP contribution >= 0.6 is 0 Å². The highest BCUT2D eigenvalue weighted by Gasteiger charge is 2.58. The van der Waals surface area contributed by atoms with Gasteiger partial charge in [-0.1, -0.05) is 12.1 Å². The summed E-state index contributed by atoms with van der Waals surface area (Å²) in [5.41, 5.74) is -1.14. The van der Waals surface area contributed by atoms with Gasteiger partial charge in [0.1, 0.15) is 0 Å². The fourth-order valence-electron chi connectivity index (χ4n) is 3.94. The molecule has 148 valence electrons. The second-order valence-electron chi connectivity index (χ2n) is 7.31. The molecule has 1 unspecified atom stereocenters. The Morgan fingerprint density at radius 2 is 1.93 bits per heavy atom. The third-order valence-corrected chi connectivity index (χ3v) is 5.62. The minimum absolute atomic E-state index is 0.0507. The molecule has 3 rings (SSSR count). The van der Waals surface area contributed by atoms with Gasteiger partial charge in [0.25, 0.3) is 0 Å². The molecule has 1 aliphatic heterocycles. The highest BCUT2D eigenvalue weighted by atomic mass is 19.4. The number of likely N-dealkylation sites (N-methyl/N-ethyl adjacent to an activating group) is 1. The number of carbonyl (C=O) groups is 2. The quantitative estimate of drug-likeness (QED) is 0.822. The molecule has 2 aliphatic rings. The van der Waals surface area contributed by atoms with E-state index in [4.69, 9.17) is 0 Å². The lowest BCUT2D eigenvalue weighted by atomic mass is 9.91. The zero-order valence-electron chi connectivity index (χ0n) is 15.2. The predicted octanol–water partition coefficient (Wildman–Crippen LogP) is 2.88. The van der Waals surface area contributed by atoms with Crippen LogP contribution in [0, 0.1) is 11.3 Å². The smallest absolute Gasteiger partial charge is 0.333 e. The number of carbonyl (C=O) groups excluding carboxylic acids is 2. The van der Waals surface area contributed by atoms with Crippen molar-refractivity contribution < 1.29 is 22.8 Å². The molecule has 0 radical (unpaired) electrons. The van der Waals surface area contributed by atoms with Gasteiger partial charge in [0.05, 0.1) is 17.8 Å². The molecule has 27 heavy (non-hydrogen) atoms. The van der Waals surface area contributed by atoms with Crippen LogP contribution in [0.1, 0.15) is 31.7 Å². The number of nitrogens with zero attached hydrogens (tertiary/aromatic N) is 1. The largest absolute Gasteiger partial charge is 0.418 e. The van der Waals surface area contributed by atoms with Crippen LogP contribution in [0.2, 0.25) is 0 Å². The molecule has 2 fully saturated rings. The molecule has 0 bridgehead atoms. The van der Waals surface area contributed by atoms with Crippen LogP contribution in [-0.2, 0) is 15.8 Å². The number of alkyl halides is 3. The maximum atomic E-state index is 13.1. The van der Waals surface area contributed by atoms with Crippen LogP contribution < -0.4 is 10.6 Å². The lowest BCUT2D eigenvalue weighted by molar-refractivity contribution is -0.138. The van der Waals surface area contributed by atoms with Crippen LogP contribution in [0.5, 0.6) is 0 Å². The van der Waals surface area contributed by atoms with Gasteiger partial charge >= 0.3 is 6.18 Å². The maximum Gasteiger partial charge on any atom is 0.418 e. The molecule has 2 N–H and O–H groups in total. The van der Waals surface area contributed by atoms with Crippen molar-refractivity contribution in [1.82, 2.24) is 10.2 Å². The van der Waals surface area contributed by atoms with E-state index in [1.807, 2.05) is 0 Å². The molecular formula is C19H24F3N3O2. The predicted molar refractivity (Wildman–Crippen MR) is 95.0 cm³/mol. The van der Waals surface area contributed by atoms with Gasteiger partial charge < -0.3 is 15.5 Å². The first-order valence-electron chi connectivity index (χ1n) is 9.22. The summed E-state index contributed by atoms with van der Waals surface area (Å²) in [6, 6.07) is 4.83. The van der Waals surface area contributed by atoms with Gasteiger partial charge in [-0.2, -0.15) is 13.2 Å². The van der Waals surface area contributed by atoms with Crippen molar-refractivity contribution >= 4 is 17.5 Å². The summed E-state index contributed by atoms with van der Waals surface area (Å²) in [6.07, 6.45) is -1.82. The number of benzene rings is 1. The summed E-state index contributed by atoms with van der Waals surface area (Å²) in [4.78, 5) is 26.5. The molecule has 1 spiro atoms. The Kier molecular flexibility index (Phi) is 5.46. The van der Waals surface area contributed by atoms with E-state index in [0.29, 0.717) is 6.54 Å². The van der Waals surface area contributed by atoms with E-state index < -0.39 is 17.6 Å². The SMILES string of the molecule is CCN(CC(=O)Nc1ccccc1C(F)(F)F)C(=O)C1CC12CCNCC2. The second kappa shape index (κ2) is 7.50. The van der Waals surface area contributed by atoms with E-state index in [2.05, 4.69) is 10.6 Å². The minimum Gasteiger partial charge on any atom is -0.333 e. The lowest BCUT2D eigenvalue weighted by Gasteiger charge is -2.26. The van der Waals surface area contributed by atoms with E-state index in [1.165, 1.54) is 23.1 Å². The average molecular weight is 383 g/mol. The van der Waals surface area contributed by atoms with Crippen LogP contribution in [0.3, 0.4) is 0 Å². The standard InChI is InChI=1S/C19H24F3N3O2/c1-2-25(17(27)14-11-18(14)7-9-23-10-8-18)12-16(26)24-15-6-4-3-5-13(15)19(20,21)22/h3-6,14,23H,2,7-12H2,1H3,(H,24,26). The fraction of sp³-hybridized carbons (Fsp3) is 0.579. The lowest BCUT2D eigenvalue weighted by Crippen LogP contribution is -2.40. The summed E-state index contributed by atoms with van der Waals surface area (Å²) in [7, 11) is 0. The highest BCUT2D eigenvalue weighted by molar-refractivity contribution is 5.96. The van der Waals surface area contributed by atoms with Gasteiger partial charge in [-0.25, -0.2) is 0 Å². The number of hydrogen-bond donors (Lipinski definition) is 2. The molecular weight excluding hydrogens is 359 g/mol. The number of piperidine rings is 1. The first kappa shape index (κ1) is 19.7. The molecule has 1 saturated heterocycles. The topological polar surface area (TPSA) is 61.4 Å². The first-order valence-corrected chi connectivity index (χ1v) is 9.22. The van der Waals surface area contributed by atoms with Crippen LogP contribution in [-0.4, -0.2) is 42.9 Å². The third kappa shape index (κ3) is 4.26. The number of anilines is 1. The van der Waals surface area contributed by atoms with Crippen molar-refractivity contribution in [2.75, 3.05) is 31.5 Å². The number of rotatable bonds is 5. The van der Waals surface area contributed by atoms with E-state index in [0.717, 1.165) is 38.4 Å². The molecule has 1 heterocycles. The molecule has 0 aromatic heterocycles.